The summed E-state index contributed by atoms with van der Waals surface area (Å²) in [6.45, 7) is 0.299. The van der Waals surface area contributed by atoms with Crippen LogP contribution < -0.4 is 20.5 Å². The van der Waals surface area contributed by atoms with E-state index >= 15 is 0 Å². The highest BCUT2D eigenvalue weighted by atomic mass is 35.5. The zero-order valence-corrected chi connectivity index (χ0v) is 13.0. The van der Waals surface area contributed by atoms with Gasteiger partial charge in [-0.1, -0.05) is 0 Å². The molecule has 2 N–H and O–H groups in total. The first-order chi connectivity index (χ1) is 9.51. The average Bonchev–Trinajstić information content (AvgIpc) is 2.44. The van der Waals surface area contributed by atoms with Crippen molar-refractivity contribution in [1.29, 1.82) is 0 Å². The normalized spacial score (nSPS) is 10.4. The van der Waals surface area contributed by atoms with Gasteiger partial charge in [-0.25, -0.2) is 10.9 Å². The Morgan fingerprint density at radius 3 is 2.70 bits per heavy atom. The first-order valence-corrected chi connectivity index (χ1v) is 7.41. The second-order valence-corrected chi connectivity index (χ2v) is 5.09. The molecule has 0 unspecified atom stereocenters. The number of rotatable bonds is 7. The minimum Gasteiger partial charge on any atom is -0.490 e. The van der Waals surface area contributed by atoms with Crippen LogP contribution in [0.4, 0.5) is 11.4 Å². The summed E-state index contributed by atoms with van der Waals surface area (Å²) in [4.78, 5) is 13.6. The Morgan fingerprint density at radius 2 is 2.15 bits per heavy atom. The summed E-state index contributed by atoms with van der Waals surface area (Å²) in [7, 11) is 3.51. The van der Waals surface area contributed by atoms with E-state index in [1.54, 1.807) is 12.1 Å². The molecular weight excluding hydrogens is 301 g/mol. The van der Waals surface area contributed by atoms with Crippen molar-refractivity contribution < 1.29 is 14.1 Å². The summed E-state index contributed by atoms with van der Waals surface area (Å²) in [6.07, 6.45) is -0.180. The fraction of sp³-hybridized carbons (Fsp3) is 0.417. The number of benzene rings is 1. The molecule has 1 aromatic carbocycles. The summed E-state index contributed by atoms with van der Waals surface area (Å²) in [5.41, 5.74) is 1.32. The number of carbonyl (C=O) groups excluding carboxylic acids is 1. The van der Waals surface area contributed by atoms with Gasteiger partial charge in [0.2, 0.25) is 0 Å². The van der Waals surface area contributed by atoms with Gasteiger partial charge in [-0.2, -0.15) is 0 Å². The molecule has 0 atom stereocenters. The van der Waals surface area contributed by atoms with Crippen LogP contribution in [0.25, 0.3) is 0 Å². The number of hydrogen-bond acceptors (Lipinski definition) is 5. The quantitative estimate of drug-likeness (QED) is 0.273. The fourth-order valence-corrected chi connectivity index (χ4v) is 1.85. The van der Waals surface area contributed by atoms with Gasteiger partial charge in [0.1, 0.15) is 24.2 Å². The van der Waals surface area contributed by atoms with Crippen molar-refractivity contribution in [2.75, 3.05) is 42.7 Å². The monoisotopic (exact) mass is 317 g/mol. The maximum atomic E-state index is 11.7. The third kappa shape index (κ3) is 4.34. The Balaban J connectivity index is 3.09. The van der Waals surface area contributed by atoms with Crippen molar-refractivity contribution in [3.05, 3.63) is 18.2 Å². The van der Waals surface area contributed by atoms with Gasteiger partial charge in [-0.05, 0) is 12.1 Å². The minimum atomic E-state index is -0.463. The highest BCUT2D eigenvalue weighted by Crippen LogP contribution is 2.31. The van der Waals surface area contributed by atoms with E-state index in [9.17, 15) is 9.36 Å². The number of hydrogen-bond donors (Lipinski definition) is 1. The van der Waals surface area contributed by atoms with Crippen LogP contribution >= 0.6 is 20.1 Å². The molecule has 0 saturated carbocycles. The van der Waals surface area contributed by atoms with Crippen LogP contribution in [-0.2, 0) is 9.36 Å². The molecule has 1 aromatic rings. The number of alkyl halides is 1. The summed E-state index contributed by atoms with van der Waals surface area (Å²) in [5.74, 6) is 6.05. The van der Waals surface area contributed by atoms with Gasteiger partial charge >= 0.3 is 0 Å². The van der Waals surface area contributed by atoms with Crippen molar-refractivity contribution in [3.8, 4) is 5.75 Å². The van der Waals surface area contributed by atoms with Crippen molar-refractivity contribution in [2.45, 2.75) is 0 Å². The zero-order chi connectivity index (χ0) is 15.1. The van der Waals surface area contributed by atoms with Gasteiger partial charge in [0.05, 0.1) is 5.88 Å². The van der Waals surface area contributed by atoms with E-state index in [2.05, 4.69) is 0 Å². The number of ether oxygens (including phenoxy) is 1. The zero-order valence-electron chi connectivity index (χ0n) is 11.4. The van der Waals surface area contributed by atoms with Gasteiger partial charge in [0.25, 0.3) is 5.91 Å². The van der Waals surface area contributed by atoms with Crippen LogP contribution in [0.15, 0.2) is 18.2 Å². The summed E-state index contributed by atoms with van der Waals surface area (Å²) < 4.78 is 16.0. The second-order valence-electron chi connectivity index (χ2n) is 4.13. The second kappa shape index (κ2) is 8.04. The van der Waals surface area contributed by atoms with Crippen LogP contribution in [0.2, 0.25) is 0 Å². The van der Waals surface area contributed by atoms with E-state index in [1.807, 2.05) is 25.1 Å². The molecule has 0 aromatic heterocycles. The van der Waals surface area contributed by atoms with Gasteiger partial charge in [-0.15, -0.1) is 11.6 Å². The highest BCUT2D eigenvalue weighted by molar-refractivity contribution is 7.25. The average molecular weight is 318 g/mol. The lowest BCUT2D eigenvalue weighted by molar-refractivity contribution is -0.116. The predicted molar refractivity (Wildman–Crippen MR) is 81.1 cm³/mol. The van der Waals surface area contributed by atoms with E-state index < -0.39 is 5.91 Å². The lowest BCUT2D eigenvalue weighted by Gasteiger charge is -2.21. The molecular formula is C12H17ClN3O3P. The van der Waals surface area contributed by atoms with E-state index in [0.717, 1.165) is 10.7 Å². The Bertz CT molecular complexity index is 485. The standard InChI is InChI=1S/C12H17ClN3O3P/c1-15(2)9-3-4-10(11(7-9)19-6-5-13)16(14)12(17)8-20-18/h3-4,7H,5-6,8,14H2,1-2H3. The molecule has 0 spiro atoms. The molecule has 0 heterocycles. The number of anilines is 2. The van der Waals surface area contributed by atoms with E-state index in [0.29, 0.717) is 23.9 Å². The lowest BCUT2D eigenvalue weighted by Crippen LogP contribution is -2.38. The maximum absolute atomic E-state index is 11.7. The lowest BCUT2D eigenvalue weighted by atomic mass is 10.2. The minimum absolute atomic E-state index is 0.180. The van der Waals surface area contributed by atoms with Crippen LogP contribution in [0.3, 0.4) is 0 Å². The van der Waals surface area contributed by atoms with E-state index in [1.165, 1.54) is 0 Å². The van der Waals surface area contributed by atoms with Crippen molar-refractivity contribution in [2.24, 2.45) is 5.84 Å². The molecule has 0 fully saturated rings. The Morgan fingerprint density at radius 1 is 1.45 bits per heavy atom. The number of carbonyl (C=O) groups is 1. The largest absolute Gasteiger partial charge is 0.490 e. The smallest absolute Gasteiger partial charge is 0.252 e. The molecule has 6 nitrogen and oxygen atoms in total. The van der Waals surface area contributed by atoms with Crippen molar-refractivity contribution >= 4 is 37.3 Å². The van der Waals surface area contributed by atoms with Crippen LogP contribution in [0.5, 0.6) is 5.75 Å². The topological polar surface area (TPSA) is 75.9 Å². The molecule has 1 rings (SSSR count). The number of nitrogens with two attached hydrogens (primary N) is 1. The molecule has 0 radical (unpaired) electrons. The first-order valence-electron chi connectivity index (χ1n) is 5.88. The summed E-state index contributed by atoms with van der Waals surface area (Å²) >= 11 is 5.61. The van der Waals surface area contributed by atoms with Gasteiger partial charge in [-0.3, -0.25) is 9.36 Å². The number of hydrazine groups is 1. The number of nitrogens with zero attached hydrogens (tertiary/aromatic N) is 2. The highest BCUT2D eigenvalue weighted by Gasteiger charge is 2.17. The van der Waals surface area contributed by atoms with Gasteiger partial charge < -0.3 is 9.64 Å². The van der Waals surface area contributed by atoms with Gasteiger partial charge in [0.15, 0.2) is 8.46 Å². The number of halogens is 1. The maximum Gasteiger partial charge on any atom is 0.252 e. The summed E-state index contributed by atoms with van der Waals surface area (Å²) in [5, 5.41) is 0.938. The molecule has 0 bridgehead atoms. The van der Waals surface area contributed by atoms with Crippen LogP contribution in [-0.4, -0.2) is 38.7 Å². The number of amides is 1. The molecule has 8 heteroatoms. The molecule has 0 aliphatic heterocycles. The third-order valence-electron chi connectivity index (χ3n) is 2.52. The van der Waals surface area contributed by atoms with Gasteiger partial charge in [0, 0.05) is 25.8 Å². The SMILES string of the molecule is CN(C)c1ccc(N(N)C(=O)CP=O)c(OCCCl)c1. The molecule has 0 saturated heterocycles. The van der Waals surface area contributed by atoms with Crippen molar-refractivity contribution in [3.63, 3.8) is 0 Å². The summed E-state index contributed by atoms with van der Waals surface area (Å²) in [6, 6.07) is 5.26. The predicted octanol–water partition coefficient (Wildman–Crippen LogP) is 1.87. The van der Waals surface area contributed by atoms with E-state index in [-0.39, 0.29) is 14.6 Å². The molecule has 110 valence electrons. The van der Waals surface area contributed by atoms with Crippen LogP contribution in [0, 0.1) is 0 Å². The Hall–Kier alpha value is -1.36. The van der Waals surface area contributed by atoms with Crippen molar-refractivity contribution in [1.82, 2.24) is 0 Å². The Labute approximate surface area is 124 Å². The molecule has 0 aliphatic carbocycles. The van der Waals surface area contributed by atoms with Crippen LogP contribution in [0.1, 0.15) is 0 Å². The third-order valence-corrected chi connectivity index (χ3v) is 3.08. The Kier molecular flexibility index (Phi) is 6.71. The molecule has 0 aliphatic rings. The molecule has 1 amide bonds. The molecule has 20 heavy (non-hydrogen) atoms. The fourth-order valence-electron chi connectivity index (χ4n) is 1.51. The van der Waals surface area contributed by atoms with E-state index in [4.69, 9.17) is 22.2 Å². The first kappa shape index (κ1) is 16.7.